The summed E-state index contributed by atoms with van der Waals surface area (Å²) in [4.78, 5) is 40.9. The minimum Gasteiger partial charge on any atom is -0.497 e. The summed E-state index contributed by atoms with van der Waals surface area (Å²) >= 11 is 0. The molecule has 0 radical (unpaired) electrons. The highest BCUT2D eigenvalue weighted by Gasteiger charge is 2.49. The summed E-state index contributed by atoms with van der Waals surface area (Å²) in [6.07, 6.45) is 8.09. The van der Waals surface area contributed by atoms with E-state index in [1.807, 2.05) is 24.3 Å². The predicted molar refractivity (Wildman–Crippen MR) is 131 cm³/mol. The number of likely N-dealkylation sites (tertiary alicyclic amines) is 1. The lowest BCUT2D eigenvalue weighted by atomic mass is 9.54. The van der Waals surface area contributed by atoms with Crippen molar-refractivity contribution in [3.8, 4) is 5.75 Å². The van der Waals surface area contributed by atoms with Gasteiger partial charge in [-0.2, -0.15) is 0 Å². The Morgan fingerprint density at radius 1 is 1.06 bits per heavy atom. The number of benzene rings is 1. The minimum absolute atomic E-state index is 0.0262. The Bertz CT molecular complexity index is 921. The van der Waals surface area contributed by atoms with Gasteiger partial charge in [0, 0.05) is 19.0 Å². The van der Waals surface area contributed by atoms with E-state index in [4.69, 9.17) is 10.5 Å². The first-order valence-electron chi connectivity index (χ1n) is 13.2. The average molecular weight is 483 g/mol. The number of carbonyl (C=O) groups excluding carboxylic acids is 3. The van der Waals surface area contributed by atoms with Crippen molar-refractivity contribution < 1.29 is 19.1 Å². The molecule has 0 spiro atoms. The van der Waals surface area contributed by atoms with Crippen molar-refractivity contribution in [2.45, 2.75) is 69.5 Å². The van der Waals surface area contributed by atoms with E-state index in [-0.39, 0.29) is 30.3 Å². The lowest BCUT2D eigenvalue weighted by Crippen LogP contribution is -2.60. The fraction of sp³-hybridized carbons (Fsp3) is 0.667. The summed E-state index contributed by atoms with van der Waals surface area (Å²) in [6.45, 7) is 0.332. The second-order valence-corrected chi connectivity index (χ2v) is 11.0. The standard InChI is InChI=1S/C27H38N4O4/c1-35-21-6-4-16(5-7-21)14-22(29-24(32)15-28)27(34)31-8-2-3-23(31)26(33)30-25-19-10-17-9-18(12-19)13-20(25)11-17/h4-7,17-20,22-23,25H,2-3,8-15,28H2,1H3,(H,29,32)(H,30,33)/t17?,18?,19?,20?,22-,23+,25?/m0/s1. The van der Waals surface area contributed by atoms with Gasteiger partial charge in [0.25, 0.3) is 0 Å². The van der Waals surface area contributed by atoms with E-state index in [0.717, 1.165) is 29.6 Å². The van der Waals surface area contributed by atoms with E-state index in [1.165, 1.54) is 32.1 Å². The van der Waals surface area contributed by atoms with Crippen molar-refractivity contribution in [3.05, 3.63) is 29.8 Å². The number of hydrogen-bond acceptors (Lipinski definition) is 5. The van der Waals surface area contributed by atoms with Crippen LogP contribution < -0.4 is 21.1 Å². The Labute approximate surface area is 207 Å². The number of methoxy groups -OCH3 is 1. The third-order valence-electron chi connectivity index (χ3n) is 8.79. The first kappa shape index (κ1) is 24.1. The van der Waals surface area contributed by atoms with Gasteiger partial charge in [-0.25, -0.2) is 0 Å². The number of carbonyl (C=O) groups is 3. The Kier molecular flexibility index (Phi) is 7.00. The first-order chi connectivity index (χ1) is 16.9. The summed E-state index contributed by atoms with van der Waals surface area (Å²) in [5.41, 5.74) is 6.42. The number of nitrogens with zero attached hydrogens (tertiary/aromatic N) is 1. The predicted octanol–water partition coefficient (Wildman–Crippen LogP) is 1.61. The maximum Gasteiger partial charge on any atom is 0.246 e. The van der Waals surface area contributed by atoms with Crippen molar-refractivity contribution >= 4 is 17.7 Å². The van der Waals surface area contributed by atoms with Crippen LogP contribution >= 0.6 is 0 Å². The molecular formula is C27H38N4O4. The molecule has 1 aliphatic heterocycles. The fourth-order valence-corrected chi connectivity index (χ4v) is 7.38. The lowest BCUT2D eigenvalue weighted by molar-refractivity contribution is -0.142. The van der Waals surface area contributed by atoms with Crippen LogP contribution in [0.3, 0.4) is 0 Å². The molecule has 2 atom stereocenters. The number of rotatable bonds is 8. The largest absolute Gasteiger partial charge is 0.497 e. The van der Waals surface area contributed by atoms with Crippen LogP contribution in [0.15, 0.2) is 24.3 Å². The topological polar surface area (TPSA) is 114 Å². The van der Waals surface area contributed by atoms with Crippen molar-refractivity contribution in [1.29, 1.82) is 0 Å². The molecule has 5 fully saturated rings. The van der Waals surface area contributed by atoms with Gasteiger partial charge >= 0.3 is 0 Å². The molecule has 4 aliphatic carbocycles. The SMILES string of the molecule is COc1ccc(C[C@H](NC(=O)CN)C(=O)N2CCC[C@@H]2C(=O)NC2C3CC4CC(C3)CC2C4)cc1. The molecule has 3 amide bonds. The van der Waals surface area contributed by atoms with Gasteiger partial charge in [-0.1, -0.05) is 12.1 Å². The Morgan fingerprint density at radius 2 is 1.71 bits per heavy atom. The molecule has 1 heterocycles. The first-order valence-corrected chi connectivity index (χ1v) is 13.2. The molecule has 6 rings (SSSR count). The van der Waals surface area contributed by atoms with Gasteiger partial charge in [0.2, 0.25) is 17.7 Å². The zero-order valence-corrected chi connectivity index (χ0v) is 20.6. The second kappa shape index (κ2) is 10.2. The van der Waals surface area contributed by atoms with E-state index in [2.05, 4.69) is 10.6 Å². The third-order valence-corrected chi connectivity index (χ3v) is 8.79. The van der Waals surface area contributed by atoms with Crippen molar-refractivity contribution in [1.82, 2.24) is 15.5 Å². The summed E-state index contributed by atoms with van der Waals surface area (Å²) in [5.74, 6) is 2.97. The van der Waals surface area contributed by atoms with Crippen LogP contribution in [-0.2, 0) is 20.8 Å². The normalized spacial score (nSPS) is 31.8. The van der Waals surface area contributed by atoms with Gasteiger partial charge < -0.3 is 26.0 Å². The Morgan fingerprint density at radius 3 is 2.31 bits per heavy atom. The zero-order chi connectivity index (χ0) is 24.5. The third kappa shape index (κ3) is 5.03. The Balaban J connectivity index is 1.27. The number of amides is 3. The number of ether oxygens (including phenoxy) is 1. The molecule has 8 nitrogen and oxygen atoms in total. The highest BCUT2D eigenvalue weighted by atomic mass is 16.5. The molecule has 0 unspecified atom stereocenters. The molecular weight excluding hydrogens is 444 g/mol. The average Bonchev–Trinajstić information content (AvgIpc) is 3.35. The maximum atomic E-state index is 13.6. The van der Waals surface area contributed by atoms with Gasteiger partial charge in [-0.3, -0.25) is 14.4 Å². The summed E-state index contributed by atoms with van der Waals surface area (Å²) < 4.78 is 5.22. The molecule has 4 saturated carbocycles. The Hall–Kier alpha value is -2.61. The van der Waals surface area contributed by atoms with Crippen LogP contribution in [0.5, 0.6) is 5.75 Å². The van der Waals surface area contributed by atoms with Crippen molar-refractivity contribution in [3.63, 3.8) is 0 Å². The molecule has 190 valence electrons. The summed E-state index contributed by atoms with van der Waals surface area (Å²) in [7, 11) is 1.60. The van der Waals surface area contributed by atoms with Gasteiger partial charge in [-0.15, -0.1) is 0 Å². The fourth-order valence-electron chi connectivity index (χ4n) is 7.38. The molecule has 4 N–H and O–H groups in total. The quantitative estimate of drug-likeness (QED) is 0.521. The monoisotopic (exact) mass is 482 g/mol. The highest BCUT2D eigenvalue weighted by molar-refractivity contribution is 5.93. The highest BCUT2D eigenvalue weighted by Crippen LogP contribution is 2.53. The van der Waals surface area contributed by atoms with E-state index in [1.54, 1.807) is 12.0 Å². The lowest BCUT2D eigenvalue weighted by Gasteiger charge is -2.54. The van der Waals surface area contributed by atoms with E-state index in [0.29, 0.717) is 31.2 Å². The zero-order valence-electron chi connectivity index (χ0n) is 20.6. The summed E-state index contributed by atoms with van der Waals surface area (Å²) in [6, 6.07) is 6.43. The molecule has 4 bridgehead atoms. The van der Waals surface area contributed by atoms with E-state index in [9.17, 15) is 14.4 Å². The molecule has 35 heavy (non-hydrogen) atoms. The van der Waals surface area contributed by atoms with Gasteiger partial charge in [-0.05, 0) is 86.3 Å². The molecule has 5 aliphatic rings. The van der Waals surface area contributed by atoms with Crippen molar-refractivity contribution in [2.75, 3.05) is 20.2 Å². The van der Waals surface area contributed by atoms with Crippen LogP contribution in [0.1, 0.15) is 50.5 Å². The van der Waals surface area contributed by atoms with Crippen molar-refractivity contribution in [2.24, 2.45) is 29.4 Å². The van der Waals surface area contributed by atoms with Gasteiger partial charge in [0.15, 0.2) is 0 Å². The molecule has 8 heteroatoms. The van der Waals surface area contributed by atoms with Gasteiger partial charge in [0.1, 0.15) is 17.8 Å². The van der Waals surface area contributed by atoms with Crippen LogP contribution in [-0.4, -0.2) is 60.9 Å². The molecule has 1 saturated heterocycles. The van der Waals surface area contributed by atoms with Crippen LogP contribution in [0, 0.1) is 23.7 Å². The number of hydrogen-bond donors (Lipinski definition) is 3. The molecule has 1 aromatic carbocycles. The van der Waals surface area contributed by atoms with Gasteiger partial charge in [0.05, 0.1) is 13.7 Å². The maximum absolute atomic E-state index is 13.6. The second-order valence-electron chi connectivity index (χ2n) is 11.0. The van der Waals surface area contributed by atoms with Crippen LogP contribution in [0.2, 0.25) is 0 Å². The summed E-state index contributed by atoms with van der Waals surface area (Å²) in [5, 5.41) is 6.17. The van der Waals surface area contributed by atoms with Crippen LogP contribution in [0.4, 0.5) is 0 Å². The molecule has 1 aromatic rings. The molecule has 0 aromatic heterocycles. The van der Waals surface area contributed by atoms with E-state index < -0.39 is 12.1 Å². The number of nitrogens with one attached hydrogen (secondary N) is 2. The van der Waals surface area contributed by atoms with Crippen LogP contribution in [0.25, 0.3) is 0 Å². The smallest absolute Gasteiger partial charge is 0.246 e. The minimum atomic E-state index is -0.769. The number of nitrogens with two attached hydrogens (primary N) is 1. The van der Waals surface area contributed by atoms with E-state index >= 15 is 0 Å².